The summed E-state index contributed by atoms with van der Waals surface area (Å²) < 4.78 is 4.43. The van der Waals surface area contributed by atoms with Gasteiger partial charge in [0.25, 0.3) is 0 Å². The molecule has 0 bridgehead atoms. The molecule has 0 aliphatic heterocycles. The number of nitrogens with zero attached hydrogens (tertiary/aromatic N) is 1. The van der Waals surface area contributed by atoms with Crippen molar-refractivity contribution in [3.8, 4) is 0 Å². The molecule has 0 saturated heterocycles. The fourth-order valence-electron chi connectivity index (χ4n) is 0.802. The number of esters is 1. The van der Waals surface area contributed by atoms with Crippen molar-refractivity contribution in [2.75, 3.05) is 7.11 Å². The number of rotatable bonds is 4. The summed E-state index contributed by atoms with van der Waals surface area (Å²) in [6, 6.07) is 0. The lowest BCUT2D eigenvalue weighted by Gasteiger charge is -1.90. The number of ether oxygens (including phenoxy) is 1. The highest BCUT2D eigenvalue weighted by atomic mass is 32.1. The molecule has 0 fully saturated rings. The second-order valence-electron chi connectivity index (χ2n) is 2.56. The zero-order valence-corrected chi connectivity index (χ0v) is 8.78. The second-order valence-corrected chi connectivity index (χ2v) is 3.45. The number of carbonyl (C=O) groups is 2. The number of carbonyl (C=O) groups excluding carboxylic acids is 1. The van der Waals surface area contributed by atoms with Gasteiger partial charge in [-0.15, -0.1) is 11.3 Å². The lowest BCUT2D eigenvalue weighted by Crippen LogP contribution is -1.97. The Morgan fingerprint density at radius 2 is 2.40 bits per heavy atom. The van der Waals surface area contributed by atoms with Gasteiger partial charge in [-0.1, -0.05) is 6.08 Å². The molecule has 80 valence electrons. The van der Waals surface area contributed by atoms with Crippen LogP contribution in [0.15, 0.2) is 11.5 Å². The Balaban J connectivity index is 2.57. The van der Waals surface area contributed by atoms with Gasteiger partial charge in [0.05, 0.1) is 13.5 Å². The zero-order valence-electron chi connectivity index (χ0n) is 7.97. The van der Waals surface area contributed by atoms with Crippen LogP contribution in [-0.4, -0.2) is 29.1 Å². The van der Waals surface area contributed by atoms with E-state index in [9.17, 15) is 9.59 Å². The number of hydrogen-bond acceptors (Lipinski definition) is 5. The monoisotopic (exact) mass is 227 g/mol. The van der Waals surface area contributed by atoms with Crippen molar-refractivity contribution in [2.24, 2.45) is 0 Å². The molecule has 0 spiro atoms. The molecule has 1 aromatic heterocycles. The molecular formula is C9H9NO4S. The Morgan fingerprint density at radius 3 is 2.93 bits per heavy atom. The topological polar surface area (TPSA) is 76.5 Å². The van der Waals surface area contributed by atoms with Crippen molar-refractivity contribution in [3.05, 3.63) is 22.2 Å². The molecule has 6 heteroatoms. The van der Waals surface area contributed by atoms with Crippen LogP contribution in [0.2, 0.25) is 0 Å². The van der Waals surface area contributed by atoms with Crippen molar-refractivity contribution in [2.45, 2.75) is 6.42 Å². The van der Waals surface area contributed by atoms with E-state index in [0.29, 0.717) is 5.01 Å². The molecule has 5 nitrogen and oxygen atoms in total. The number of aromatic carboxylic acids is 1. The number of hydrogen-bond donors (Lipinski definition) is 1. The van der Waals surface area contributed by atoms with Crippen molar-refractivity contribution in [1.29, 1.82) is 0 Å². The number of thiazole rings is 1. The van der Waals surface area contributed by atoms with Crippen LogP contribution in [0.25, 0.3) is 6.08 Å². The molecule has 0 amide bonds. The van der Waals surface area contributed by atoms with Gasteiger partial charge >= 0.3 is 11.9 Å². The summed E-state index contributed by atoms with van der Waals surface area (Å²) in [5.41, 5.74) is 0.0118. The maximum absolute atomic E-state index is 10.7. The van der Waals surface area contributed by atoms with E-state index in [0.717, 1.165) is 0 Å². The van der Waals surface area contributed by atoms with Crippen molar-refractivity contribution in [1.82, 2.24) is 4.98 Å². The van der Waals surface area contributed by atoms with Crippen LogP contribution in [0.4, 0.5) is 0 Å². The van der Waals surface area contributed by atoms with Gasteiger partial charge in [0, 0.05) is 5.38 Å². The summed E-state index contributed by atoms with van der Waals surface area (Å²) in [5, 5.41) is 10.6. The van der Waals surface area contributed by atoms with Crippen LogP contribution in [0.1, 0.15) is 21.9 Å². The first-order valence-corrected chi connectivity index (χ1v) is 4.93. The first-order chi connectivity index (χ1) is 7.13. The van der Waals surface area contributed by atoms with Crippen LogP contribution in [-0.2, 0) is 9.53 Å². The van der Waals surface area contributed by atoms with E-state index in [-0.39, 0.29) is 18.1 Å². The molecule has 0 aromatic carbocycles. The number of methoxy groups -OCH3 is 1. The first kappa shape index (κ1) is 11.4. The molecule has 0 saturated carbocycles. The van der Waals surface area contributed by atoms with Crippen LogP contribution in [0.5, 0.6) is 0 Å². The predicted octanol–water partition coefficient (Wildman–Crippen LogP) is 1.42. The maximum Gasteiger partial charge on any atom is 0.355 e. The third-order valence-electron chi connectivity index (χ3n) is 1.51. The third-order valence-corrected chi connectivity index (χ3v) is 2.32. The summed E-state index contributed by atoms with van der Waals surface area (Å²) in [7, 11) is 1.31. The fraction of sp³-hybridized carbons (Fsp3) is 0.222. The average molecular weight is 227 g/mol. The van der Waals surface area contributed by atoms with E-state index in [2.05, 4.69) is 9.72 Å². The van der Waals surface area contributed by atoms with Gasteiger partial charge in [-0.2, -0.15) is 0 Å². The van der Waals surface area contributed by atoms with Gasteiger partial charge in [0.1, 0.15) is 5.01 Å². The molecule has 1 rings (SSSR count). The van der Waals surface area contributed by atoms with Crippen LogP contribution in [0.3, 0.4) is 0 Å². The quantitative estimate of drug-likeness (QED) is 0.787. The van der Waals surface area contributed by atoms with Gasteiger partial charge < -0.3 is 9.84 Å². The van der Waals surface area contributed by atoms with E-state index < -0.39 is 5.97 Å². The summed E-state index contributed by atoms with van der Waals surface area (Å²) in [6.07, 6.45) is 3.32. The van der Waals surface area contributed by atoms with E-state index in [1.807, 2.05) is 0 Å². The zero-order chi connectivity index (χ0) is 11.3. The minimum Gasteiger partial charge on any atom is -0.476 e. The van der Waals surface area contributed by atoms with Crippen LogP contribution >= 0.6 is 11.3 Å². The number of carboxylic acid groups (broad SMARTS) is 1. The molecule has 0 aliphatic carbocycles. The largest absolute Gasteiger partial charge is 0.476 e. The molecule has 1 N–H and O–H groups in total. The van der Waals surface area contributed by atoms with Gasteiger partial charge in [0.15, 0.2) is 5.69 Å². The molecule has 1 aromatic rings. The van der Waals surface area contributed by atoms with E-state index in [1.54, 1.807) is 12.2 Å². The number of aromatic nitrogens is 1. The van der Waals surface area contributed by atoms with E-state index in [1.165, 1.54) is 23.8 Å². The van der Waals surface area contributed by atoms with Gasteiger partial charge in [-0.25, -0.2) is 9.78 Å². The Bertz CT molecular complexity index is 397. The molecular weight excluding hydrogens is 218 g/mol. The summed E-state index contributed by atoms with van der Waals surface area (Å²) in [6.45, 7) is 0. The Hall–Kier alpha value is -1.69. The van der Waals surface area contributed by atoms with Crippen molar-refractivity contribution in [3.63, 3.8) is 0 Å². The highest BCUT2D eigenvalue weighted by Gasteiger charge is 2.06. The third kappa shape index (κ3) is 3.51. The SMILES string of the molecule is COC(=O)CC=Cc1nc(C(=O)O)cs1. The van der Waals surface area contributed by atoms with Crippen molar-refractivity contribution < 1.29 is 19.4 Å². The summed E-state index contributed by atoms with van der Waals surface area (Å²) in [5.74, 6) is -1.40. The van der Waals surface area contributed by atoms with Crippen LogP contribution < -0.4 is 0 Å². The number of carboxylic acids is 1. The maximum atomic E-state index is 10.7. The predicted molar refractivity (Wildman–Crippen MR) is 54.7 cm³/mol. The Kier molecular flexibility index (Phi) is 3.99. The molecule has 0 unspecified atom stereocenters. The highest BCUT2D eigenvalue weighted by Crippen LogP contribution is 2.11. The Morgan fingerprint density at radius 1 is 1.67 bits per heavy atom. The van der Waals surface area contributed by atoms with E-state index >= 15 is 0 Å². The van der Waals surface area contributed by atoms with Crippen molar-refractivity contribution >= 4 is 29.4 Å². The lowest BCUT2D eigenvalue weighted by atomic mass is 10.4. The summed E-state index contributed by atoms with van der Waals surface area (Å²) in [4.78, 5) is 25.0. The van der Waals surface area contributed by atoms with Gasteiger partial charge in [-0.05, 0) is 6.08 Å². The van der Waals surface area contributed by atoms with Gasteiger partial charge in [0.2, 0.25) is 0 Å². The van der Waals surface area contributed by atoms with Gasteiger partial charge in [-0.3, -0.25) is 4.79 Å². The minimum atomic E-state index is -1.06. The molecule has 0 atom stereocenters. The molecule has 1 heterocycles. The minimum absolute atomic E-state index is 0.0118. The molecule has 0 aliphatic rings. The smallest absolute Gasteiger partial charge is 0.355 e. The standard InChI is InChI=1S/C9H9NO4S/c1-14-8(11)4-2-3-7-10-6(5-15-7)9(12)13/h2-3,5H,4H2,1H3,(H,12,13). The molecule has 0 radical (unpaired) electrons. The first-order valence-electron chi connectivity index (χ1n) is 4.05. The highest BCUT2D eigenvalue weighted by molar-refractivity contribution is 7.10. The lowest BCUT2D eigenvalue weighted by molar-refractivity contribution is -0.139. The summed E-state index contributed by atoms with van der Waals surface area (Å²) >= 11 is 1.21. The Labute approximate surface area is 90.0 Å². The van der Waals surface area contributed by atoms with E-state index in [4.69, 9.17) is 5.11 Å². The fourth-order valence-corrected chi connectivity index (χ4v) is 1.51. The average Bonchev–Trinajstić information content (AvgIpc) is 2.66. The second kappa shape index (κ2) is 5.26. The normalized spacial score (nSPS) is 10.5. The molecule has 15 heavy (non-hydrogen) atoms. The van der Waals surface area contributed by atoms with Crippen LogP contribution in [0, 0.1) is 0 Å².